The number of hydrogen-bond donors (Lipinski definition) is 2. The number of benzene rings is 2. The standard InChI is InChI=1S/C15H15N3OS.H2O/c1-10-5-4-6-12(16)11(10)9-20(19)15-17-13-7-2-3-8-14(13)18-15;/h2-8H,9,16H2,1H3,(H,17,18);1H2. The maximum absolute atomic E-state index is 12.4. The minimum absolute atomic E-state index is 0. The molecule has 0 fully saturated rings. The summed E-state index contributed by atoms with van der Waals surface area (Å²) in [7, 11) is 0. The van der Waals surface area contributed by atoms with Gasteiger partial charge in [-0.25, -0.2) is 0 Å². The molecular formula is C15H17N3O2S. The summed E-state index contributed by atoms with van der Waals surface area (Å²) in [6.07, 6.45) is 0. The average Bonchev–Trinajstić information content (AvgIpc) is 2.87. The monoisotopic (exact) mass is 303 g/mol. The largest absolute Gasteiger partial charge is 0.609 e. The predicted octanol–water partition coefficient (Wildman–Crippen LogP) is 1.94. The smallest absolute Gasteiger partial charge is 0.321 e. The number of aromatic nitrogens is 2. The molecular weight excluding hydrogens is 286 g/mol. The lowest BCUT2D eigenvalue weighted by Gasteiger charge is -2.11. The van der Waals surface area contributed by atoms with Gasteiger partial charge in [-0.2, -0.15) is 4.98 Å². The van der Waals surface area contributed by atoms with Crippen molar-refractivity contribution in [3.8, 4) is 0 Å². The molecule has 3 aromatic rings. The highest BCUT2D eigenvalue weighted by atomic mass is 32.2. The number of H-pyrrole nitrogens is 1. The molecule has 0 spiro atoms. The number of hydrogen-bond acceptors (Lipinski definition) is 3. The van der Waals surface area contributed by atoms with Gasteiger partial charge in [0, 0.05) is 22.4 Å². The molecule has 5 N–H and O–H groups in total. The molecule has 0 aliphatic rings. The second-order valence-electron chi connectivity index (χ2n) is 4.69. The molecule has 0 saturated carbocycles. The van der Waals surface area contributed by atoms with Gasteiger partial charge >= 0.3 is 5.16 Å². The Labute approximate surface area is 125 Å². The second kappa shape index (κ2) is 6.17. The summed E-state index contributed by atoms with van der Waals surface area (Å²) in [6, 6.07) is 13.4. The van der Waals surface area contributed by atoms with E-state index in [9.17, 15) is 4.55 Å². The number of fused-ring (bicyclic) bond motifs is 1. The highest BCUT2D eigenvalue weighted by Gasteiger charge is 2.19. The molecule has 1 unspecified atom stereocenters. The zero-order valence-electron chi connectivity index (χ0n) is 11.6. The van der Waals surface area contributed by atoms with Gasteiger partial charge in [-0.1, -0.05) is 24.3 Å². The van der Waals surface area contributed by atoms with Crippen LogP contribution < -0.4 is 5.73 Å². The van der Waals surface area contributed by atoms with Crippen LogP contribution in [0.3, 0.4) is 0 Å². The molecule has 0 aliphatic carbocycles. The van der Waals surface area contributed by atoms with Crippen LogP contribution in [0.25, 0.3) is 11.0 Å². The Morgan fingerprint density at radius 2 is 1.95 bits per heavy atom. The van der Waals surface area contributed by atoms with E-state index in [4.69, 9.17) is 5.73 Å². The van der Waals surface area contributed by atoms with Crippen LogP contribution in [0, 0.1) is 6.92 Å². The van der Waals surface area contributed by atoms with E-state index in [2.05, 4.69) is 9.97 Å². The Morgan fingerprint density at radius 1 is 1.19 bits per heavy atom. The van der Waals surface area contributed by atoms with Crippen LogP contribution in [-0.4, -0.2) is 20.0 Å². The van der Waals surface area contributed by atoms with Crippen molar-refractivity contribution in [2.75, 3.05) is 5.73 Å². The maximum Gasteiger partial charge on any atom is 0.321 e. The van der Waals surface area contributed by atoms with Crippen molar-refractivity contribution in [2.45, 2.75) is 17.8 Å². The number of nitrogens with one attached hydrogen (secondary N) is 1. The molecule has 0 saturated heterocycles. The third kappa shape index (κ3) is 3.02. The summed E-state index contributed by atoms with van der Waals surface area (Å²) in [5, 5.41) is 0.494. The van der Waals surface area contributed by atoms with E-state index in [1.54, 1.807) is 0 Å². The summed E-state index contributed by atoms with van der Waals surface area (Å²) in [5.74, 6) is 0.373. The molecule has 5 nitrogen and oxygen atoms in total. The fraction of sp³-hybridized carbons (Fsp3) is 0.133. The highest BCUT2D eigenvalue weighted by Crippen LogP contribution is 2.23. The fourth-order valence-electron chi connectivity index (χ4n) is 2.16. The van der Waals surface area contributed by atoms with Gasteiger partial charge in [0.15, 0.2) is 0 Å². The molecule has 0 radical (unpaired) electrons. The van der Waals surface area contributed by atoms with Gasteiger partial charge < -0.3 is 15.8 Å². The van der Waals surface area contributed by atoms with Gasteiger partial charge in [0.1, 0.15) is 5.75 Å². The lowest BCUT2D eigenvalue weighted by molar-refractivity contribution is 0.587. The number of anilines is 1. The summed E-state index contributed by atoms with van der Waals surface area (Å²) >= 11 is -1.23. The van der Waals surface area contributed by atoms with Gasteiger partial charge in [-0.05, 0) is 30.7 Å². The maximum atomic E-state index is 12.4. The number of para-hydroxylation sites is 2. The highest BCUT2D eigenvalue weighted by molar-refractivity contribution is 7.90. The van der Waals surface area contributed by atoms with E-state index >= 15 is 0 Å². The third-order valence-corrected chi connectivity index (χ3v) is 4.48. The number of nitrogens with zero attached hydrogens (tertiary/aromatic N) is 1. The van der Waals surface area contributed by atoms with E-state index in [1.165, 1.54) is 0 Å². The normalized spacial score (nSPS) is 12.1. The van der Waals surface area contributed by atoms with Crippen molar-refractivity contribution in [1.29, 1.82) is 0 Å². The van der Waals surface area contributed by atoms with Gasteiger partial charge in [-0.15, -0.1) is 0 Å². The summed E-state index contributed by atoms with van der Waals surface area (Å²) in [4.78, 5) is 7.47. The van der Waals surface area contributed by atoms with Crippen LogP contribution in [0.2, 0.25) is 0 Å². The number of nitrogens with two attached hydrogens (primary N) is 1. The first-order valence-electron chi connectivity index (χ1n) is 6.32. The van der Waals surface area contributed by atoms with Crippen molar-refractivity contribution >= 4 is 27.9 Å². The fourth-order valence-corrected chi connectivity index (χ4v) is 3.38. The van der Waals surface area contributed by atoms with Crippen LogP contribution in [0.1, 0.15) is 11.1 Å². The first-order valence-corrected chi connectivity index (χ1v) is 7.64. The number of aryl methyl sites for hydroxylation is 1. The van der Waals surface area contributed by atoms with Crippen LogP contribution in [0.5, 0.6) is 0 Å². The molecule has 21 heavy (non-hydrogen) atoms. The molecule has 1 heterocycles. The van der Waals surface area contributed by atoms with Gasteiger partial charge in [0.05, 0.1) is 11.0 Å². The Balaban J connectivity index is 0.00000161. The molecule has 6 heteroatoms. The average molecular weight is 303 g/mol. The zero-order chi connectivity index (χ0) is 14.1. The predicted molar refractivity (Wildman–Crippen MR) is 85.4 cm³/mol. The van der Waals surface area contributed by atoms with Crippen molar-refractivity contribution < 1.29 is 10.0 Å². The second-order valence-corrected chi connectivity index (χ2v) is 6.06. The van der Waals surface area contributed by atoms with Crippen LogP contribution in [0.15, 0.2) is 47.6 Å². The summed E-state index contributed by atoms with van der Waals surface area (Å²) in [5.41, 5.74) is 10.3. The van der Waals surface area contributed by atoms with E-state index in [0.29, 0.717) is 16.6 Å². The number of aromatic amines is 1. The molecule has 2 aromatic carbocycles. The lowest BCUT2D eigenvalue weighted by Crippen LogP contribution is -2.10. The Hall–Kier alpha value is -2.02. The number of rotatable bonds is 3. The number of nitrogen functional groups attached to an aromatic ring is 1. The lowest BCUT2D eigenvalue weighted by atomic mass is 10.1. The molecule has 1 atom stereocenters. The molecule has 1 aromatic heterocycles. The van der Waals surface area contributed by atoms with Gasteiger partial charge in [0.25, 0.3) is 0 Å². The van der Waals surface area contributed by atoms with E-state index in [1.807, 2.05) is 49.4 Å². The SMILES string of the molecule is Cc1cccc(N)c1C[S+]([O-])c1nc2ccccc2[nH]1.O. The zero-order valence-corrected chi connectivity index (χ0v) is 12.4. The van der Waals surface area contributed by atoms with Crippen molar-refractivity contribution in [3.63, 3.8) is 0 Å². The minimum atomic E-state index is -1.23. The van der Waals surface area contributed by atoms with Crippen LogP contribution in [0.4, 0.5) is 5.69 Å². The summed E-state index contributed by atoms with van der Waals surface area (Å²) < 4.78 is 12.4. The Morgan fingerprint density at radius 3 is 2.67 bits per heavy atom. The van der Waals surface area contributed by atoms with Crippen molar-refractivity contribution in [2.24, 2.45) is 0 Å². The van der Waals surface area contributed by atoms with Gasteiger partial charge in [0.2, 0.25) is 0 Å². The minimum Gasteiger partial charge on any atom is -0.609 e. The summed E-state index contributed by atoms with van der Waals surface area (Å²) in [6.45, 7) is 1.97. The van der Waals surface area contributed by atoms with Crippen molar-refractivity contribution in [1.82, 2.24) is 9.97 Å². The molecule has 110 valence electrons. The molecule has 0 aliphatic heterocycles. The van der Waals surface area contributed by atoms with Crippen molar-refractivity contribution in [3.05, 3.63) is 53.6 Å². The quantitative estimate of drug-likeness (QED) is 0.570. The number of imidazole rings is 1. The topological polar surface area (TPSA) is 109 Å². The Bertz CT molecular complexity index is 704. The Kier molecular flexibility index (Phi) is 4.52. The van der Waals surface area contributed by atoms with Gasteiger partial charge in [-0.3, -0.25) is 4.98 Å². The van der Waals surface area contributed by atoms with E-state index in [-0.39, 0.29) is 5.48 Å². The molecule has 3 rings (SSSR count). The first-order chi connectivity index (χ1) is 9.65. The van der Waals surface area contributed by atoms with Crippen LogP contribution >= 0.6 is 0 Å². The third-order valence-electron chi connectivity index (χ3n) is 3.31. The van der Waals surface area contributed by atoms with E-state index in [0.717, 1.165) is 22.2 Å². The first kappa shape index (κ1) is 15.4. The van der Waals surface area contributed by atoms with E-state index < -0.39 is 11.2 Å². The molecule has 0 bridgehead atoms. The molecule has 0 amide bonds. The van der Waals surface area contributed by atoms with Crippen LogP contribution in [-0.2, 0) is 16.9 Å².